The van der Waals surface area contributed by atoms with E-state index in [2.05, 4.69) is 34.6 Å². The molecule has 0 bridgehead atoms. The van der Waals surface area contributed by atoms with Crippen LogP contribution in [0, 0.1) is 0 Å². The van der Waals surface area contributed by atoms with E-state index in [-0.39, 0.29) is 5.56 Å². The van der Waals surface area contributed by atoms with Gasteiger partial charge in [-0.1, -0.05) is 78.3 Å². The summed E-state index contributed by atoms with van der Waals surface area (Å²) in [5.74, 6) is 0. The molecular weight excluding hydrogens is 430 g/mol. The largest absolute Gasteiger partial charge is 0.328 e. The molecule has 5 aromatic rings. The number of benzene rings is 3. The van der Waals surface area contributed by atoms with E-state index in [4.69, 9.17) is 16.6 Å². The summed E-state index contributed by atoms with van der Waals surface area (Å²) in [4.78, 5) is 20.0. The van der Waals surface area contributed by atoms with Crippen molar-refractivity contribution in [1.82, 2.24) is 15.3 Å². The molecule has 0 unspecified atom stereocenters. The topological polar surface area (TPSA) is 57.8 Å². The van der Waals surface area contributed by atoms with Gasteiger partial charge < -0.3 is 10.3 Å². The zero-order valence-corrected chi connectivity index (χ0v) is 18.6. The van der Waals surface area contributed by atoms with E-state index in [1.807, 2.05) is 66.7 Å². The second kappa shape index (κ2) is 9.41. The summed E-state index contributed by atoms with van der Waals surface area (Å²) in [6.45, 7) is 1.53. The Labute approximate surface area is 196 Å². The van der Waals surface area contributed by atoms with Gasteiger partial charge in [-0.3, -0.25) is 4.79 Å². The molecule has 0 saturated carbocycles. The van der Waals surface area contributed by atoms with Crippen LogP contribution in [0.25, 0.3) is 33.3 Å². The fourth-order valence-corrected chi connectivity index (χ4v) is 4.03. The minimum Gasteiger partial charge on any atom is -0.328 e. The Kier molecular flexibility index (Phi) is 6.03. The van der Waals surface area contributed by atoms with Crippen LogP contribution in [0.4, 0.5) is 0 Å². The predicted molar refractivity (Wildman–Crippen MR) is 135 cm³/mol. The molecule has 0 aliphatic carbocycles. The summed E-state index contributed by atoms with van der Waals surface area (Å²) in [5, 5.41) is 4.80. The number of rotatable bonds is 6. The first-order valence-corrected chi connectivity index (χ1v) is 11.2. The SMILES string of the molecule is O=c1[nH]ccc2nc(-c3ccc(CNCc4ccc(Cl)cc4)cc3)c(-c3ccccc3)cc12. The van der Waals surface area contributed by atoms with Crippen molar-refractivity contribution < 1.29 is 0 Å². The minimum atomic E-state index is -0.133. The summed E-state index contributed by atoms with van der Waals surface area (Å²) < 4.78 is 0. The monoisotopic (exact) mass is 451 g/mol. The Morgan fingerprint density at radius 1 is 0.788 bits per heavy atom. The van der Waals surface area contributed by atoms with Gasteiger partial charge in [-0.05, 0) is 41.0 Å². The second-order valence-electron chi connectivity index (χ2n) is 7.92. The van der Waals surface area contributed by atoms with Gasteiger partial charge in [0.15, 0.2) is 0 Å². The molecular formula is C28H22ClN3O. The molecule has 0 fully saturated rings. The highest BCUT2D eigenvalue weighted by atomic mass is 35.5. The van der Waals surface area contributed by atoms with Gasteiger partial charge in [-0.15, -0.1) is 0 Å². The highest BCUT2D eigenvalue weighted by molar-refractivity contribution is 6.30. The van der Waals surface area contributed by atoms with E-state index in [1.54, 1.807) is 6.20 Å². The van der Waals surface area contributed by atoms with Crippen LogP contribution in [0.3, 0.4) is 0 Å². The van der Waals surface area contributed by atoms with Crippen molar-refractivity contribution in [3.63, 3.8) is 0 Å². The lowest BCUT2D eigenvalue weighted by Gasteiger charge is -2.12. The third-order valence-corrected chi connectivity index (χ3v) is 5.89. The van der Waals surface area contributed by atoms with E-state index in [0.29, 0.717) is 10.9 Å². The van der Waals surface area contributed by atoms with Gasteiger partial charge in [0, 0.05) is 35.4 Å². The number of H-pyrrole nitrogens is 1. The van der Waals surface area contributed by atoms with E-state index >= 15 is 0 Å². The molecule has 0 radical (unpaired) electrons. The number of nitrogens with one attached hydrogen (secondary N) is 2. The molecule has 162 valence electrons. The standard InChI is InChI=1S/C28H22ClN3O/c29-23-12-8-20(9-13-23)18-30-17-19-6-10-22(11-7-19)27-24(21-4-2-1-3-5-21)16-25-26(32-27)14-15-31-28(25)33/h1-16,30H,17-18H2,(H,31,33). The van der Waals surface area contributed by atoms with E-state index in [1.165, 1.54) is 11.1 Å². The van der Waals surface area contributed by atoms with Crippen LogP contribution in [0.1, 0.15) is 11.1 Å². The first-order chi connectivity index (χ1) is 16.2. The Bertz CT molecular complexity index is 1440. The summed E-state index contributed by atoms with van der Waals surface area (Å²) >= 11 is 5.95. The minimum absolute atomic E-state index is 0.133. The summed E-state index contributed by atoms with van der Waals surface area (Å²) in [5.41, 5.74) is 6.77. The van der Waals surface area contributed by atoms with Crippen molar-refractivity contribution in [2.45, 2.75) is 13.1 Å². The lowest BCUT2D eigenvalue weighted by molar-refractivity contribution is 0.693. The lowest BCUT2D eigenvalue weighted by atomic mass is 9.97. The fourth-order valence-electron chi connectivity index (χ4n) is 3.90. The number of hydrogen-bond donors (Lipinski definition) is 2. The summed E-state index contributed by atoms with van der Waals surface area (Å²) in [7, 11) is 0. The Morgan fingerprint density at radius 2 is 1.45 bits per heavy atom. The van der Waals surface area contributed by atoms with Crippen molar-refractivity contribution in [3.8, 4) is 22.4 Å². The molecule has 0 atom stereocenters. The van der Waals surface area contributed by atoms with E-state index in [9.17, 15) is 4.79 Å². The molecule has 4 nitrogen and oxygen atoms in total. The average molecular weight is 452 g/mol. The number of halogens is 1. The first-order valence-electron chi connectivity index (χ1n) is 10.8. The number of fused-ring (bicyclic) bond motifs is 1. The van der Waals surface area contributed by atoms with Crippen LogP contribution in [0.5, 0.6) is 0 Å². The van der Waals surface area contributed by atoms with Gasteiger partial charge >= 0.3 is 0 Å². The lowest BCUT2D eigenvalue weighted by Crippen LogP contribution is -2.12. The molecule has 0 spiro atoms. The Hall–Kier alpha value is -3.73. The third-order valence-electron chi connectivity index (χ3n) is 5.64. The van der Waals surface area contributed by atoms with Gasteiger partial charge in [0.25, 0.3) is 5.56 Å². The van der Waals surface area contributed by atoms with E-state index < -0.39 is 0 Å². The number of pyridine rings is 2. The summed E-state index contributed by atoms with van der Waals surface area (Å²) in [6.07, 6.45) is 1.64. The van der Waals surface area contributed by atoms with Gasteiger partial charge in [0.1, 0.15) is 0 Å². The molecule has 5 rings (SSSR count). The third kappa shape index (κ3) is 4.72. The van der Waals surface area contributed by atoms with Crippen molar-refractivity contribution in [3.05, 3.63) is 124 Å². The van der Waals surface area contributed by atoms with Crippen molar-refractivity contribution in [2.75, 3.05) is 0 Å². The number of hydrogen-bond acceptors (Lipinski definition) is 3. The zero-order valence-electron chi connectivity index (χ0n) is 17.9. The van der Waals surface area contributed by atoms with Gasteiger partial charge in [-0.2, -0.15) is 0 Å². The van der Waals surface area contributed by atoms with Crippen LogP contribution in [0.2, 0.25) is 5.02 Å². The van der Waals surface area contributed by atoms with Gasteiger partial charge in [0.2, 0.25) is 0 Å². The molecule has 3 aromatic carbocycles. The molecule has 2 aromatic heterocycles. The quantitative estimate of drug-likeness (QED) is 0.323. The Balaban J connectivity index is 1.43. The number of aromatic amines is 1. The second-order valence-corrected chi connectivity index (χ2v) is 8.35. The fraction of sp³-hybridized carbons (Fsp3) is 0.0714. The maximum absolute atomic E-state index is 12.4. The molecule has 0 saturated heterocycles. The maximum Gasteiger partial charge on any atom is 0.257 e. The van der Waals surface area contributed by atoms with Gasteiger partial charge in [0.05, 0.1) is 16.6 Å². The van der Waals surface area contributed by atoms with Crippen molar-refractivity contribution in [2.24, 2.45) is 0 Å². The van der Waals surface area contributed by atoms with Crippen molar-refractivity contribution in [1.29, 1.82) is 0 Å². The zero-order chi connectivity index (χ0) is 22.6. The molecule has 0 amide bonds. The molecule has 2 N–H and O–H groups in total. The smallest absolute Gasteiger partial charge is 0.257 e. The van der Waals surface area contributed by atoms with Crippen LogP contribution in [-0.4, -0.2) is 9.97 Å². The maximum atomic E-state index is 12.4. The first kappa shape index (κ1) is 21.1. The highest BCUT2D eigenvalue weighted by Crippen LogP contribution is 2.32. The average Bonchev–Trinajstić information content (AvgIpc) is 2.86. The molecule has 33 heavy (non-hydrogen) atoms. The molecule has 5 heteroatoms. The molecule has 0 aliphatic rings. The number of aromatic nitrogens is 2. The van der Waals surface area contributed by atoms with Crippen LogP contribution >= 0.6 is 11.6 Å². The molecule has 2 heterocycles. The Morgan fingerprint density at radius 3 is 2.15 bits per heavy atom. The van der Waals surface area contributed by atoms with E-state index in [0.717, 1.165) is 40.5 Å². The summed E-state index contributed by atoms with van der Waals surface area (Å²) in [6, 6.07) is 30.1. The van der Waals surface area contributed by atoms with Crippen LogP contribution in [-0.2, 0) is 13.1 Å². The highest BCUT2D eigenvalue weighted by Gasteiger charge is 2.13. The number of nitrogens with zero attached hydrogens (tertiary/aromatic N) is 1. The molecule has 0 aliphatic heterocycles. The normalized spacial score (nSPS) is 11.1. The van der Waals surface area contributed by atoms with Crippen molar-refractivity contribution >= 4 is 22.5 Å². The van der Waals surface area contributed by atoms with Crippen LogP contribution < -0.4 is 10.9 Å². The van der Waals surface area contributed by atoms with Gasteiger partial charge in [-0.25, -0.2) is 4.98 Å². The predicted octanol–water partition coefficient (Wildman–Crippen LogP) is 6.20. The van der Waals surface area contributed by atoms with Crippen LogP contribution in [0.15, 0.2) is 102 Å².